The van der Waals surface area contributed by atoms with Crippen molar-refractivity contribution in [1.82, 2.24) is 5.32 Å². The van der Waals surface area contributed by atoms with E-state index < -0.39 is 0 Å². The lowest BCUT2D eigenvalue weighted by atomic mass is 9.95. The Morgan fingerprint density at radius 1 is 1.04 bits per heavy atom. The zero-order chi connectivity index (χ0) is 17.7. The maximum atomic E-state index is 5.19. The van der Waals surface area contributed by atoms with Crippen LogP contribution in [0.4, 0.5) is 0 Å². The summed E-state index contributed by atoms with van der Waals surface area (Å²) in [7, 11) is 1.68. The van der Waals surface area contributed by atoms with Gasteiger partial charge in [-0.05, 0) is 73.7 Å². The first-order valence-corrected chi connectivity index (χ1v) is 8.23. The van der Waals surface area contributed by atoms with Crippen LogP contribution in [0.5, 0.6) is 5.75 Å². The van der Waals surface area contributed by atoms with Crippen LogP contribution < -0.4 is 10.1 Å². The number of hydrogen-bond acceptors (Lipinski definition) is 2. The molecule has 2 heteroatoms. The Morgan fingerprint density at radius 3 is 2.29 bits per heavy atom. The fourth-order valence-electron chi connectivity index (χ4n) is 2.54. The quantitative estimate of drug-likeness (QED) is 0.750. The van der Waals surface area contributed by atoms with Gasteiger partial charge in [0.15, 0.2) is 0 Å². The summed E-state index contributed by atoms with van der Waals surface area (Å²) in [6.45, 7) is 13.6. The lowest BCUT2D eigenvalue weighted by Crippen LogP contribution is -2.11. The van der Waals surface area contributed by atoms with Gasteiger partial charge in [-0.25, -0.2) is 0 Å². The molecule has 0 fully saturated rings. The van der Waals surface area contributed by atoms with E-state index in [1.807, 2.05) is 12.1 Å². The second-order valence-corrected chi connectivity index (χ2v) is 6.33. The van der Waals surface area contributed by atoms with Crippen LogP contribution in [0, 0.1) is 6.92 Å². The number of nitrogens with one attached hydrogen (secondary N) is 1. The van der Waals surface area contributed by atoms with Gasteiger partial charge in [0, 0.05) is 12.2 Å². The van der Waals surface area contributed by atoms with Gasteiger partial charge in [-0.3, -0.25) is 0 Å². The first kappa shape index (κ1) is 17.9. The third kappa shape index (κ3) is 4.29. The van der Waals surface area contributed by atoms with Crippen LogP contribution in [0.1, 0.15) is 43.0 Å². The second-order valence-electron chi connectivity index (χ2n) is 6.33. The zero-order valence-corrected chi connectivity index (χ0v) is 15.4. The van der Waals surface area contributed by atoms with Crippen LogP contribution in [0.2, 0.25) is 0 Å². The standard InChI is InChI=1S/C22H27NO/c1-15(2)17(4)22-13-20(10-7-16(22)3)18(5)23-14-19-8-11-21(24-6)12-9-19/h7-13,23H,5,14H2,1-4,6H3. The van der Waals surface area contributed by atoms with Crippen molar-refractivity contribution in [3.05, 3.63) is 76.9 Å². The highest BCUT2D eigenvalue weighted by Crippen LogP contribution is 2.25. The molecule has 2 nitrogen and oxygen atoms in total. The molecule has 0 unspecified atom stereocenters. The highest BCUT2D eigenvalue weighted by atomic mass is 16.5. The highest BCUT2D eigenvalue weighted by molar-refractivity contribution is 5.73. The number of aryl methyl sites for hydroxylation is 1. The molecule has 1 N–H and O–H groups in total. The van der Waals surface area contributed by atoms with Crippen molar-refractivity contribution < 1.29 is 4.74 Å². The topological polar surface area (TPSA) is 21.3 Å². The number of ether oxygens (including phenoxy) is 1. The lowest BCUT2D eigenvalue weighted by molar-refractivity contribution is 0.414. The van der Waals surface area contributed by atoms with Gasteiger partial charge in [0.1, 0.15) is 5.75 Å². The summed E-state index contributed by atoms with van der Waals surface area (Å²) in [4.78, 5) is 0. The van der Waals surface area contributed by atoms with Crippen molar-refractivity contribution in [3.8, 4) is 5.75 Å². The number of methoxy groups -OCH3 is 1. The van der Waals surface area contributed by atoms with Crippen LogP contribution >= 0.6 is 0 Å². The number of allylic oxidation sites excluding steroid dienone is 2. The Labute approximate surface area is 145 Å². The molecule has 0 spiro atoms. The molecule has 0 saturated carbocycles. The van der Waals surface area contributed by atoms with Gasteiger partial charge >= 0.3 is 0 Å². The third-order valence-electron chi connectivity index (χ3n) is 4.40. The fourth-order valence-corrected chi connectivity index (χ4v) is 2.54. The number of hydrogen-bond donors (Lipinski definition) is 1. The van der Waals surface area contributed by atoms with Crippen LogP contribution in [-0.2, 0) is 6.54 Å². The number of benzene rings is 2. The van der Waals surface area contributed by atoms with Gasteiger partial charge in [-0.1, -0.05) is 36.4 Å². The third-order valence-corrected chi connectivity index (χ3v) is 4.40. The largest absolute Gasteiger partial charge is 0.497 e. The summed E-state index contributed by atoms with van der Waals surface area (Å²) >= 11 is 0. The van der Waals surface area contributed by atoms with Crippen molar-refractivity contribution in [3.63, 3.8) is 0 Å². The Morgan fingerprint density at radius 2 is 1.71 bits per heavy atom. The van der Waals surface area contributed by atoms with Gasteiger partial charge in [0.05, 0.1) is 7.11 Å². The van der Waals surface area contributed by atoms with Crippen molar-refractivity contribution in [1.29, 1.82) is 0 Å². The Hall–Kier alpha value is -2.48. The minimum atomic E-state index is 0.744. The van der Waals surface area contributed by atoms with Crippen LogP contribution in [0.15, 0.2) is 54.6 Å². The first-order chi connectivity index (χ1) is 11.4. The minimum absolute atomic E-state index is 0.744. The molecular weight excluding hydrogens is 294 g/mol. The van der Waals surface area contributed by atoms with E-state index >= 15 is 0 Å². The zero-order valence-electron chi connectivity index (χ0n) is 15.4. The molecule has 24 heavy (non-hydrogen) atoms. The molecule has 0 aliphatic heterocycles. The monoisotopic (exact) mass is 321 g/mol. The summed E-state index contributed by atoms with van der Waals surface area (Å²) in [6, 6.07) is 14.6. The molecule has 0 atom stereocenters. The van der Waals surface area contributed by atoms with Crippen molar-refractivity contribution in [2.75, 3.05) is 7.11 Å². The lowest BCUT2D eigenvalue weighted by Gasteiger charge is -2.14. The van der Waals surface area contributed by atoms with E-state index in [-0.39, 0.29) is 0 Å². The molecule has 0 amide bonds. The van der Waals surface area contributed by atoms with Crippen LogP contribution in [0.25, 0.3) is 11.3 Å². The smallest absolute Gasteiger partial charge is 0.118 e. The van der Waals surface area contributed by atoms with E-state index in [1.54, 1.807) is 7.11 Å². The van der Waals surface area contributed by atoms with Crippen molar-refractivity contribution in [2.45, 2.75) is 34.2 Å². The second kappa shape index (κ2) is 7.87. The summed E-state index contributed by atoms with van der Waals surface area (Å²) in [5.74, 6) is 0.873. The normalized spacial score (nSPS) is 10.2. The summed E-state index contributed by atoms with van der Waals surface area (Å²) in [5.41, 5.74) is 8.52. The molecule has 0 bridgehead atoms. The predicted octanol–water partition coefficient (Wildman–Crippen LogP) is 5.58. The van der Waals surface area contributed by atoms with Crippen LogP contribution in [0.3, 0.4) is 0 Å². The van der Waals surface area contributed by atoms with Gasteiger partial charge in [-0.15, -0.1) is 0 Å². The molecule has 2 aromatic rings. The molecule has 0 aliphatic carbocycles. The molecule has 2 rings (SSSR count). The van der Waals surface area contributed by atoms with E-state index in [1.165, 1.54) is 27.8 Å². The molecule has 0 aliphatic rings. The molecule has 0 aromatic heterocycles. The van der Waals surface area contributed by atoms with E-state index in [9.17, 15) is 0 Å². The van der Waals surface area contributed by atoms with Crippen molar-refractivity contribution in [2.24, 2.45) is 0 Å². The average Bonchev–Trinajstić information content (AvgIpc) is 2.59. The van der Waals surface area contributed by atoms with Gasteiger partial charge in [0.2, 0.25) is 0 Å². The Balaban J connectivity index is 2.12. The SMILES string of the molecule is C=C(NCc1ccc(OC)cc1)c1ccc(C)c(C(C)=C(C)C)c1. The number of rotatable bonds is 6. The van der Waals surface area contributed by atoms with Gasteiger partial charge in [-0.2, -0.15) is 0 Å². The van der Waals surface area contributed by atoms with E-state index in [4.69, 9.17) is 4.74 Å². The van der Waals surface area contributed by atoms with Gasteiger partial charge in [0.25, 0.3) is 0 Å². The van der Waals surface area contributed by atoms with Gasteiger partial charge < -0.3 is 10.1 Å². The molecular formula is C22H27NO. The summed E-state index contributed by atoms with van der Waals surface area (Å²) in [6.07, 6.45) is 0. The Kier molecular flexibility index (Phi) is 5.86. The van der Waals surface area contributed by atoms with E-state index in [2.05, 4.69) is 69.9 Å². The minimum Gasteiger partial charge on any atom is -0.497 e. The maximum absolute atomic E-state index is 5.19. The highest BCUT2D eigenvalue weighted by Gasteiger charge is 2.06. The average molecular weight is 321 g/mol. The van der Waals surface area contributed by atoms with E-state index in [0.29, 0.717) is 0 Å². The molecule has 0 radical (unpaired) electrons. The summed E-state index contributed by atoms with van der Waals surface area (Å²) < 4.78 is 5.19. The van der Waals surface area contributed by atoms with Crippen molar-refractivity contribution >= 4 is 11.3 Å². The molecule has 0 heterocycles. The summed E-state index contributed by atoms with van der Waals surface area (Å²) in [5, 5.41) is 3.42. The Bertz CT molecular complexity index is 750. The predicted molar refractivity (Wildman–Crippen MR) is 104 cm³/mol. The first-order valence-electron chi connectivity index (χ1n) is 8.23. The fraction of sp³-hybridized carbons (Fsp3) is 0.273. The van der Waals surface area contributed by atoms with Crippen LogP contribution in [-0.4, -0.2) is 7.11 Å². The van der Waals surface area contributed by atoms with E-state index in [0.717, 1.165) is 23.6 Å². The maximum Gasteiger partial charge on any atom is 0.118 e. The molecule has 0 saturated heterocycles. The molecule has 126 valence electrons. The molecule has 2 aromatic carbocycles.